The Balaban J connectivity index is 2.05. The van der Waals surface area contributed by atoms with Gasteiger partial charge in [-0.25, -0.2) is 0 Å². The summed E-state index contributed by atoms with van der Waals surface area (Å²) in [5.41, 5.74) is 4.95. The molecule has 0 bridgehead atoms. The first-order chi connectivity index (χ1) is 10.1. The maximum atomic E-state index is 10.6. The van der Waals surface area contributed by atoms with Crippen LogP contribution in [0.15, 0.2) is 36.4 Å². The molecule has 2 aromatic rings. The van der Waals surface area contributed by atoms with E-state index >= 15 is 0 Å². The summed E-state index contributed by atoms with van der Waals surface area (Å²) < 4.78 is 10.6. The quantitative estimate of drug-likeness (QED) is 0.934. The third-order valence-corrected chi connectivity index (χ3v) is 3.87. The average molecular weight is 282 g/mol. The molecule has 0 radical (unpaired) electrons. The number of aryl methyl sites for hydroxylation is 1. The number of aliphatic hydroxyl groups is 1. The first kappa shape index (κ1) is 13.7. The van der Waals surface area contributed by atoms with Crippen LogP contribution in [0, 0.1) is 6.92 Å². The fourth-order valence-corrected chi connectivity index (χ4v) is 2.67. The van der Waals surface area contributed by atoms with Gasteiger partial charge in [-0.1, -0.05) is 29.8 Å². The van der Waals surface area contributed by atoms with Gasteiger partial charge in [0, 0.05) is 0 Å². The summed E-state index contributed by atoms with van der Waals surface area (Å²) in [6.07, 6.45) is 1.37. The second-order valence-corrected chi connectivity index (χ2v) is 5.20. The van der Waals surface area contributed by atoms with Crippen molar-refractivity contribution in [2.24, 2.45) is 0 Å². The SMILES string of the molecule is COc1cc2c(cc1OC)C(O)C(c1ccc(C)cc1)=C2. The molecule has 0 spiro atoms. The maximum absolute atomic E-state index is 10.6. The Bertz CT molecular complexity index is 699. The molecule has 0 aliphatic heterocycles. The van der Waals surface area contributed by atoms with Gasteiger partial charge >= 0.3 is 0 Å². The van der Waals surface area contributed by atoms with Gasteiger partial charge in [0.2, 0.25) is 0 Å². The van der Waals surface area contributed by atoms with Crippen molar-refractivity contribution in [1.29, 1.82) is 0 Å². The van der Waals surface area contributed by atoms with Crippen LogP contribution in [0.2, 0.25) is 0 Å². The summed E-state index contributed by atoms with van der Waals surface area (Å²) in [6.45, 7) is 2.05. The van der Waals surface area contributed by atoms with Gasteiger partial charge in [0.25, 0.3) is 0 Å². The van der Waals surface area contributed by atoms with Gasteiger partial charge in [-0.05, 0) is 47.4 Å². The molecule has 0 heterocycles. The molecule has 21 heavy (non-hydrogen) atoms. The van der Waals surface area contributed by atoms with E-state index in [1.54, 1.807) is 14.2 Å². The van der Waals surface area contributed by atoms with Gasteiger partial charge in [0.15, 0.2) is 11.5 Å². The minimum Gasteiger partial charge on any atom is -0.493 e. The number of benzene rings is 2. The molecule has 3 nitrogen and oxygen atoms in total. The zero-order valence-corrected chi connectivity index (χ0v) is 12.4. The molecule has 1 aliphatic rings. The number of fused-ring (bicyclic) bond motifs is 1. The third kappa shape index (κ3) is 2.30. The van der Waals surface area contributed by atoms with Crippen molar-refractivity contribution in [2.45, 2.75) is 13.0 Å². The van der Waals surface area contributed by atoms with Crippen LogP contribution in [0.4, 0.5) is 0 Å². The summed E-state index contributed by atoms with van der Waals surface area (Å²) in [6, 6.07) is 11.9. The molecule has 3 heteroatoms. The van der Waals surface area contributed by atoms with Gasteiger partial charge in [0.1, 0.15) is 6.10 Å². The second kappa shape index (κ2) is 5.26. The molecule has 2 aromatic carbocycles. The van der Waals surface area contributed by atoms with E-state index in [2.05, 4.69) is 0 Å². The van der Waals surface area contributed by atoms with Crippen molar-refractivity contribution in [3.8, 4) is 11.5 Å². The average Bonchev–Trinajstić information content (AvgIpc) is 2.83. The molecule has 0 aromatic heterocycles. The summed E-state index contributed by atoms with van der Waals surface area (Å²) in [7, 11) is 3.21. The molecule has 3 rings (SSSR count). The predicted octanol–water partition coefficient (Wildman–Crippen LogP) is 3.60. The highest BCUT2D eigenvalue weighted by Gasteiger charge is 2.26. The summed E-state index contributed by atoms with van der Waals surface area (Å²) in [4.78, 5) is 0. The standard InChI is InChI=1S/C18H18O3/c1-11-4-6-12(7-5-11)14-8-13-9-16(20-2)17(21-3)10-15(13)18(14)19/h4-10,18-19H,1-3H3. The van der Waals surface area contributed by atoms with E-state index in [4.69, 9.17) is 9.47 Å². The first-order valence-corrected chi connectivity index (χ1v) is 6.86. The zero-order chi connectivity index (χ0) is 15.0. The monoisotopic (exact) mass is 282 g/mol. The minimum atomic E-state index is -0.637. The van der Waals surface area contributed by atoms with E-state index in [1.807, 2.05) is 49.4 Å². The lowest BCUT2D eigenvalue weighted by Crippen LogP contribution is -1.99. The van der Waals surface area contributed by atoms with Crippen LogP contribution in [-0.2, 0) is 0 Å². The van der Waals surface area contributed by atoms with Gasteiger partial charge in [-0.2, -0.15) is 0 Å². The third-order valence-electron chi connectivity index (χ3n) is 3.87. The Morgan fingerprint density at radius 2 is 1.57 bits per heavy atom. The van der Waals surface area contributed by atoms with Gasteiger partial charge in [-0.15, -0.1) is 0 Å². The highest BCUT2D eigenvalue weighted by molar-refractivity contribution is 5.91. The Labute approximate surface area is 124 Å². The van der Waals surface area contributed by atoms with Crippen LogP contribution >= 0.6 is 0 Å². The molecule has 108 valence electrons. The van der Waals surface area contributed by atoms with Gasteiger partial charge < -0.3 is 14.6 Å². The fraction of sp³-hybridized carbons (Fsp3) is 0.222. The highest BCUT2D eigenvalue weighted by atomic mass is 16.5. The van der Waals surface area contributed by atoms with Crippen LogP contribution < -0.4 is 9.47 Å². The predicted molar refractivity (Wildman–Crippen MR) is 83.6 cm³/mol. The highest BCUT2D eigenvalue weighted by Crippen LogP contribution is 2.44. The fourth-order valence-electron chi connectivity index (χ4n) is 2.67. The number of methoxy groups -OCH3 is 2. The van der Waals surface area contributed by atoms with Crippen molar-refractivity contribution in [1.82, 2.24) is 0 Å². The molecule has 0 fully saturated rings. The van der Waals surface area contributed by atoms with Crippen LogP contribution in [0.25, 0.3) is 11.6 Å². The summed E-state index contributed by atoms with van der Waals surface area (Å²) in [5.74, 6) is 1.30. The largest absolute Gasteiger partial charge is 0.493 e. The van der Waals surface area contributed by atoms with E-state index in [1.165, 1.54) is 5.56 Å². The maximum Gasteiger partial charge on any atom is 0.161 e. The molecule has 0 saturated heterocycles. The molecule has 0 saturated carbocycles. The topological polar surface area (TPSA) is 38.7 Å². The number of rotatable bonds is 3. The smallest absolute Gasteiger partial charge is 0.161 e. The molecule has 0 amide bonds. The van der Waals surface area contributed by atoms with Crippen LogP contribution in [0.5, 0.6) is 11.5 Å². The van der Waals surface area contributed by atoms with Gasteiger partial charge in [0.05, 0.1) is 14.2 Å². The summed E-state index contributed by atoms with van der Waals surface area (Å²) in [5, 5.41) is 10.6. The van der Waals surface area contributed by atoms with E-state index in [0.717, 1.165) is 22.3 Å². The molecule has 1 atom stereocenters. The van der Waals surface area contributed by atoms with Crippen LogP contribution in [0.1, 0.15) is 28.4 Å². The van der Waals surface area contributed by atoms with Gasteiger partial charge in [-0.3, -0.25) is 0 Å². The Morgan fingerprint density at radius 3 is 2.19 bits per heavy atom. The molecular formula is C18H18O3. The Hall–Kier alpha value is -2.26. The van der Waals surface area contributed by atoms with Crippen LogP contribution in [-0.4, -0.2) is 19.3 Å². The van der Waals surface area contributed by atoms with Crippen molar-refractivity contribution >= 4 is 11.6 Å². The molecule has 1 N–H and O–H groups in total. The Morgan fingerprint density at radius 1 is 0.952 bits per heavy atom. The van der Waals surface area contributed by atoms with E-state index < -0.39 is 6.10 Å². The zero-order valence-electron chi connectivity index (χ0n) is 12.4. The van der Waals surface area contributed by atoms with E-state index in [0.29, 0.717) is 11.5 Å². The van der Waals surface area contributed by atoms with Crippen molar-refractivity contribution < 1.29 is 14.6 Å². The molecule has 1 unspecified atom stereocenters. The van der Waals surface area contributed by atoms with E-state index in [-0.39, 0.29) is 0 Å². The molecular weight excluding hydrogens is 264 g/mol. The lowest BCUT2D eigenvalue weighted by molar-refractivity contribution is 0.240. The number of aliphatic hydroxyl groups excluding tert-OH is 1. The number of hydrogen-bond donors (Lipinski definition) is 1. The van der Waals surface area contributed by atoms with Crippen LogP contribution in [0.3, 0.4) is 0 Å². The normalized spacial score (nSPS) is 16.4. The Kier molecular flexibility index (Phi) is 3.43. The van der Waals surface area contributed by atoms with Crippen molar-refractivity contribution in [3.05, 3.63) is 58.7 Å². The first-order valence-electron chi connectivity index (χ1n) is 6.86. The number of hydrogen-bond acceptors (Lipinski definition) is 3. The minimum absolute atomic E-state index is 0.633. The second-order valence-electron chi connectivity index (χ2n) is 5.20. The number of ether oxygens (including phenoxy) is 2. The summed E-state index contributed by atoms with van der Waals surface area (Å²) >= 11 is 0. The lowest BCUT2D eigenvalue weighted by atomic mass is 10.00. The van der Waals surface area contributed by atoms with E-state index in [9.17, 15) is 5.11 Å². The molecule has 1 aliphatic carbocycles. The lowest BCUT2D eigenvalue weighted by Gasteiger charge is -2.13. The van der Waals surface area contributed by atoms with Crippen molar-refractivity contribution in [2.75, 3.05) is 14.2 Å². The van der Waals surface area contributed by atoms with Crippen molar-refractivity contribution in [3.63, 3.8) is 0 Å².